The number of allylic oxidation sites excluding steroid dienone is 2. The molecule has 3 rings (SSSR count). The summed E-state index contributed by atoms with van der Waals surface area (Å²) in [6.07, 6.45) is 8.10. The number of halogens is 2. The average Bonchev–Trinajstić information content (AvgIpc) is 2.52. The van der Waals surface area contributed by atoms with Crippen LogP contribution in [0.2, 0.25) is 0 Å². The number of aliphatic hydroxyl groups is 2. The van der Waals surface area contributed by atoms with Gasteiger partial charge >= 0.3 is 0 Å². The van der Waals surface area contributed by atoms with Gasteiger partial charge in [0.2, 0.25) is 0 Å². The lowest BCUT2D eigenvalue weighted by atomic mass is 9.42. The van der Waals surface area contributed by atoms with Crippen molar-refractivity contribution in [2.45, 2.75) is 69.9 Å². The van der Waals surface area contributed by atoms with Gasteiger partial charge in [0.15, 0.2) is 0 Å². The standard InChI is InChI=1S/C20H32Br2O2/c1-12(2)13-6-5-7-14-17-18(3,8-9-20(13,14)11-21)15(22)10-16(23)19(17,4)24/h5,7,12-17,23-24H,6,8-11H2,1-4H3/t13-,14-,15-,16-,17-,18+,19+,20-/m0/s1. The fraction of sp³-hybridized carbons (Fsp3) is 0.900. The predicted molar refractivity (Wildman–Crippen MR) is 107 cm³/mol. The van der Waals surface area contributed by atoms with E-state index >= 15 is 0 Å². The van der Waals surface area contributed by atoms with Crippen LogP contribution >= 0.6 is 31.9 Å². The third kappa shape index (κ3) is 2.53. The van der Waals surface area contributed by atoms with Gasteiger partial charge in [-0.3, -0.25) is 0 Å². The Hall–Kier alpha value is 0.620. The van der Waals surface area contributed by atoms with Crippen molar-refractivity contribution in [2.24, 2.45) is 34.5 Å². The van der Waals surface area contributed by atoms with E-state index in [0.717, 1.165) is 18.2 Å². The van der Waals surface area contributed by atoms with Crippen LogP contribution in [0, 0.1) is 34.5 Å². The first kappa shape index (κ1) is 19.4. The van der Waals surface area contributed by atoms with Crippen LogP contribution in [0.25, 0.3) is 0 Å². The van der Waals surface area contributed by atoms with E-state index in [1.54, 1.807) is 0 Å². The molecule has 0 aromatic heterocycles. The van der Waals surface area contributed by atoms with Crippen LogP contribution < -0.4 is 0 Å². The molecule has 3 aliphatic rings. The molecular weight excluding hydrogens is 432 g/mol. The average molecular weight is 464 g/mol. The summed E-state index contributed by atoms with van der Waals surface area (Å²) < 4.78 is 0. The van der Waals surface area contributed by atoms with Crippen LogP contribution in [0.3, 0.4) is 0 Å². The van der Waals surface area contributed by atoms with E-state index < -0.39 is 11.7 Å². The molecule has 2 N–H and O–H groups in total. The molecule has 0 unspecified atom stereocenters. The fourth-order valence-electron chi connectivity index (χ4n) is 6.39. The van der Waals surface area contributed by atoms with Crippen LogP contribution in [0.15, 0.2) is 12.2 Å². The van der Waals surface area contributed by atoms with Crippen molar-refractivity contribution in [3.8, 4) is 0 Å². The Morgan fingerprint density at radius 1 is 1.25 bits per heavy atom. The summed E-state index contributed by atoms with van der Waals surface area (Å²) in [7, 11) is 0. The second-order valence-corrected chi connectivity index (χ2v) is 11.0. The van der Waals surface area contributed by atoms with Gasteiger partial charge in [-0.1, -0.05) is 64.8 Å². The van der Waals surface area contributed by atoms with Crippen molar-refractivity contribution >= 4 is 31.9 Å². The van der Waals surface area contributed by atoms with Gasteiger partial charge in [-0.25, -0.2) is 0 Å². The van der Waals surface area contributed by atoms with Crippen molar-refractivity contribution in [1.29, 1.82) is 0 Å². The van der Waals surface area contributed by atoms with Crippen molar-refractivity contribution in [1.82, 2.24) is 0 Å². The van der Waals surface area contributed by atoms with Gasteiger partial charge in [0.05, 0.1) is 11.7 Å². The van der Waals surface area contributed by atoms with Gasteiger partial charge < -0.3 is 10.2 Å². The Kier molecular flexibility index (Phi) is 5.13. The Bertz CT molecular complexity index is 518. The van der Waals surface area contributed by atoms with Gasteiger partial charge in [-0.15, -0.1) is 0 Å². The molecule has 3 aliphatic carbocycles. The molecule has 138 valence electrons. The van der Waals surface area contributed by atoms with Crippen LogP contribution in [0.4, 0.5) is 0 Å². The van der Waals surface area contributed by atoms with E-state index in [2.05, 4.69) is 64.8 Å². The van der Waals surface area contributed by atoms with Crippen molar-refractivity contribution in [3.05, 3.63) is 12.2 Å². The summed E-state index contributed by atoms with van der Waals surface area (Å²) in [5.74, 6) is 1.63. The fourth-order valence-corrected chi connectivity index (χ4v) is 8.33. The Labute approximate surface area is 163 Å². The number of hydrogen-bond acceptors (Lipinski definition) is 2. The quantitative estimate of drug-likeness (QED) is 0.451. The summed E-state index contributed by atoms with van der Waals surface area (Å²) in [5.41, 5.74) is -0.843. The van der Waals surface area contributed by atoms with Gasteiger partial charge in [-0.05, 0) is 61.2 Å². The lowest BCUT2D eigenvalue weighted by Crippen LogP contribution is -2.68. The SMILES string of the molecule is CC(C)[C@@H]1CC=C[C@H]2[C@@H]3[C@](C)(O)[C@@H](O)C[C@H](Br)[C@@]3(C)CC[C@]12CBr. The lowest BCUT2D eigenvalue weighted by Gasteiger charge is -2.66. The molecule has 0 heterocycles. The molecule has 2 saturated carbocycles. The maximum atomic E-state index is 11.4. The normalized spacial score (nSPS) is 54.5. The molecule has 0 saturated heterocycles. The zero-order valence-electron chi connectivity index (χ0n) is 15.3. The number of alkyl halides is 2. The van der Waals surface area contributed by atoms with Crippen LogP contribution in [0.5, 0.6) is 0 Å². The van der Waals surface area contributed by atoms with E-state index in [1.165, 1.54) is 6.42 Å². The van der Waals surface area contributed by atoms with Gasteiger partial charge in [0, 0.05) is 16.1 Å². The summed E-state index contributed by atoms with van der Waals surface area (Å²) >= 11 is 7.74. The summed E-state index contributed by atoms with van der Waals surface area (Å²) in [5, 5.41) is 23.0. The molecule has 4 heteroatoms. The Morgan fingerprint density at radius 3 is 2.50 bits per heavy atom. The van der Waals surface area contributed by atoms with E-state index in [4.69, 9.17) is 0 Å². The highest BCUT2D eigenvalue weighted by atomic mass is 79.9. The number of fused-ring (bicyclic) bond motifs is 3. The third-order valence-electron chi connectivity index (χ3n) is 7.84. The van der Waals surface area contributed by atoms with Crippen molar-refractivity contribution in [3.63, 3.8) is 0 Å². The molecule has 0 amide bonds. The smallest absolute Gasteiger partial charge is 0.0917 e. The molecular formula is C20H32Br2O2. The van der Waals surface area contributed by atoms with Crippen molar-refractivity contribution in [2.75, 3.05) is 5.33 Å². The monoisotopic (exact) mass is 462 g/mol. The first-order valence-corrected chi connectivity index (χ1v) is 11.4. The van der Waals surface area contributed by atoms with Crippen LogP contribution in [-0.2, 0) is 0 Å². The third-order valence-corrected chi connectivity index (χ3v) is 10.3. The summed E-state index contributed by atoms with van der Waals surface area (Å²) in [6, 6.07) is 0. The second-order valence-electron chi connectivity index (χ2n) is 9.34. The molecule has 0 aromatic rings. The zero-order chi connectivity index (χ0) is 17.9. The predicted octanol–water partition coefficient (Wildman–Crippen LogP) is 4.91. The van der Waals surface area contributed by atoms with Crippen LogP contribution in [0.1, 0.15) is 53.4 Å². The molecule has 8 atom stereocenters. The van der Waals surface area contributed by atoms with E-state index in [-0.39, 0.29) is 21.6 Å². The molecule has 0 aliphatic heterocycles. The van der Waals surface area contributed by atoms with E-state index in [0.29, 0.717) is 24.2 Å². The first-order valence-electron chi connectivity index (χ1n) is 9.38. The van der Waals surface area contributed by atoms with Gasteiger partial charge in [0.25, 0.3) is 0 Å². The maximum Gasteiger partial charge on any atom is 0.0917 e. The zero-order valence-corrected chi connectivity index (χ0v) is 18.5. The highest BCUT2D eigenvalue weighted by Gasteiger charge is 2.66. The largest absolute Gasteiger partial charge is 0.390 e. The highest BCUT2D eigenvalue weighted by molar-refractivity contribution is 9.09. The summed E-state index contributed by atoms with van der Waals surface area (Å²) in [6.45, 7) is 8.86. The minimum Gasteiger partial charge on any atom is -0.390 e. The molecule has 2 fully saturated rings. The molecule has 0 radical (unpaired) electrons. The second kappa shape index (κ2) is 6.35. The molecule has 0 spiro atoms. The van der Waals surface area contributed by atoms with E-state index in [9.17, 15) is 10.2 Å². The Morgan fingerprint density at radius 2 is 1.92 bits per heavy atom. The number of rotatable bonds is 2. The topological polar surface area (TPSA) is 40.5 Å². The highest BCUT2D eigenvalue weighted by Crippen LogP contribution is 2.67. The minimum atomic E-state index is -1.04. The van der Waals surface area contributed by atoms with Gasteiger partial charge in [-0.2, -0.15) is 0 Å². The molecule has 2 nitrogen and oxygen atoms in total. The number of aliphatic hydroxyl groups excluding tert-OH is 1. The van der Waals surface area contributed by atoms with Gasteiger partial charge in [0.1, 0.15) is 0 Å². The number of hydrogen-bond donors (Lipinski definition) is 2. The Balaban J connectivity index is 2.13. The molecule has 0 bridgehead atoms. The first-order chi connectivity index (χ1) is 11.1. The summed E-state index contributed by atoms with van der Waals surface area (Å²) in [4.78, 5) is 0.256. The maximum absolute atomic E-state index is 11.4. The van der Waals surface area contributed by atoms with Crippen molar-refractivity contribution < 1.29 is 10.2 Å². The van der Waals surface area contributed by atoms with Crippen LogP contribution in [-0.4, -0.2) is 32.1 Å². The molecule has 24 heavy (non-hydrogen) atoms. The lowest BCUT2D eigenvalue weighted by molar-refractivity contribution is -0.214. The minimum absolute atomic E-state index is 0.0161. The molecule has 0 aromatic carbocycles. The van der Waals surface area contributed by atoms with E-state index in [1.807, 2.05) is 6.92 Å².